The molecule has 0 radical (unpaired) electrons. The molecule has 192 valence electrons. The van der Waals surface area contributed by atoms with Crippen molar-refractivity contribution >= 4 is 11.8 Å². The van der Waals surface area contributed by atoms with Crippen LogP contribution in [0.15, 0.2) is 12.2 Å². The van der Waals surface area contributed by atoms with Gasteiger partial charge in [0, 0.05) is 25.2 Å². The van der Waals surface area contributed by atoms with E-state index in [2.05, 4.69) is 53.7 Å². The van der Waals surface area contributed by atoms with Crippen LogP contribution in [0.4, 0.5) is 0 Å². The molecule has 0 saturated heterocycles. The second-order valence-electron chi connectivity index (χ2n) is 13.3. The predicted molar refractivity (Wildman–Crippen MR) is 135 cm³/mol. The van der Waals surface area contributed by atoms with Crippen molar-refractivity contribution in [2.24, 2.45) is 52.3 Å². The van der Waals surface area contributed by atoms with E-state index in [0.29, 0.717) is 47.8 Å². The number of rotatable bonds is 5. The lowest BCUT2D eigenvalue weighted by atomic mass is 9.42. The second-order valence-corrected chi connectivity index (χ2v) is 13.3. The van der Waals surface area contributed by atoms with Crippen molar-refractivity contribution in [1.82, 2.24) is 0 Å². The van der Waals surface area contributed by atoms with E-state index in [9.17, 15) is 14.7 Å². The zero-order chi connectivity index (χ0) is 25.1. The lowest BCUT2D eigenvalue weighted by Crippen LogP contribution is -2.67. The Morgan fingerprint density at radius 1 is 1.03 bits per heavy atom. The van der Waals surface area contributed by atoms with Crippen molar-refractivity contribution in [2.75, 3.05) is 0 Å². The van der Waals surface area contributed by atoms with Crippen molar-refractivity contribution in [3.8, 4) is 0 Å². The first-order valence-corrected chi connectivity index (χ1v) is 13.9. The molecule has 0 amide bonds. The van der Waals surface area contributed by atoms with Gasteiger partial charge in [-0.15, -0.1) is 0 Å². The van der Waals surface area contributed by atoms with E-state index in [1.54, 1.807) is 0 Å². The molecule has 10 atom stereocenters. The summed E-state index contributed by atoms with van der Waals surface area (Å²) >= 11 is 0. The van der Waals surface area contributed by atoms with Crippen LogP contribution in [0, 0.1) is 52.3 Å². The molecule has 4 heteroatoms. The van der Waals surface area contributed by atoms with Gasteiger partial charge in [0.2, 0.25) is 0 Å². The molecular weight excluding hydrogens is 424 g/mol. The molecule has 0 aliphatic heterocycles. The molecule has 4 nitrogen and oxygen atoms in total. The number of ketones is 1. The summed E-state index contributed by atoms with van der Waals surface area (Å²) in [5.74, 6) is 3.46. The maximum absolute atomic E-state index is 13.6. The van der Waals surface area contributed by atoms with Crippen LogP contribution < -0.4 is 0 Å². The summed E-state index contributed by atoms with van der Waals surface area (Å²) in [6.07, 6.45) is 11.5. The Kier molecular flexibility index (Phi) is 6.90. The first-order chi connectivity index (χ1) is 15.8. The highest BCUT2D eigenvalue weighted by Crippen LogP contribution is 2.68. The zero-order valence-corrected chi connectivity index (χ0v) is 22.6. The fourth-order valence-corrected chi connectivity index (χ4v) is 8.95. The maximum atomic E-state index is 13.6. The third kappa shape index (κ3) is 4.00. The first-order valence-electron chi connectivity index (χ1n) is 13.9. The summed E-state index contributed by atoms with van der Waals surface area (Å²) in [5.41, 5.74) is -1.50. The van der Waals surface area contributed by atoms with Crippen LogP contribution in [-0.2, 0) is 14.3 Å². The van der Waals surface area contributed by atoms with Gasteiger partial charge in [-0.1, -0.05) is 53.7 Å². The summed E-state index contributed by atoms with van der Waals surface area (Å²) < 4.78 is 5.46. The van der Waals surface area contributed by atoms with Crippen molar-refractivity contribution in [3.63, 3.8) is 0 Å². The SMILES string of the molecule is CC(=O)O[C@H]1CC[C@]2(C)[C@@H]3CC[C@@]4(C)[C@H](CC[C@H]4[C@@H](C)/C=C/[C@@H](C)C(C)C)[C@H]3CC(=O)[C@@]2(O)C1. The molecule has 0 unspecified atom stereocenters. The Balaban J connectivity index is 1.55. The number of hydrogen-bond donors (Lipinski definition) is 1. The summed E-state index contributed by atoms with van der Waals surface area (Å²) in [7, 11) is 0. The van der Waals surface area contributed by atoms with Crippen LogP contribution in [0.1, 0.15) is 99.8 Å². The number of carbonyl (C=O) groups excluding carboxylic acids is 2. The van der Waals surface area contributed by atoms with Gasteiger partial charge in [-0.25, -0.2) is 0 Å². The fourth-order valence-electron chi connectivity index (χ4n) is 8.95. The highest BCUT2D eigenvalue weighted by Gasteiger charge is 2.68. The van der Waals surface area contributed by atoms with Gasteiger partial charge in [0.15, 0.2) is 5.78 Å². The van der Waals surface area contributed by atoms with Gasteiger partial charge in [-0.05, 0) is 85.4 Å². The third-order valence-corrected chi connectivity index (χ3v) is 11.4. The molecule has 0 aromatic carbocycles. The Labute approximate surface area is 207 Å². The van der Waals surface area contributed by atoms with Crippen molar-refractivity contribution < 1.29 is 19.4 Å². The van der Waals surface area contributed by atoms with E-state index in [0.717, 1.165) is 19.3 Å². The first kappa shape index (κ1) is 25.9. The third-order valence-electron chi connectivity index (χ3n) is 11.4. The number of carbonyl (C=O) groups is 2. The van der Waals surface area contributed by atoms with Gasteiger partial charge in [-0.2, -0.15) is 0 Å². The zero-order valence-electron chi connectivity index (χ0n) is 22.6. The van der Waals surface area contributed by atoms with Gasteiger partial charge >= 0.3 is 5.97 Å². The number of Topliss-reactive ketones (excluding diaryl/α,β-unsaturated/α-hetero) is 1. The van der Waals surface area contributed by atoms with E-state index in [4.69, 9.17) is 4.74 Å². The van der Waals surface area contributed by atoms with Crippen LogP contribution in [-0.4, -0.2) is 28.6 Å². The lowest BCUT2D eigenvalue weighted by molar-refractivity contribution is -0.217. The van der Waals surface area contributed by atoms with Crippen molar-refractivity contribution in [3.05, 3.63) is 12.2 Å². The number of fused-ring (bicyclic) bond motifs is 5. The normalized spacial score (nSPS) is 46.0. The number of allylic oxidation sites excluding steroid dienone is 2. The Hall–Kier alpha value is -1.16. The molecule has 4 rings (SSSR count). The molecule has 1 N–H and O–H groups in total. The van der Waals surface area contributed by atoms with Gasteiger partial charge in [0.25, 0.3) is 0 Å². The number of hydrogen-bond acceptors (Lipinski definition) is 4. The smallest absolute Gasteiger partial charge is 0.302 e. The van der Waals surface area contributed by atoms with Crippen molar-refractivity contribution in [1.29, 1.82) is 0 Å². The van der Waals surface area contributed by atoms with Crippen LogP contribution >= 0.6 is 0 Å². The molecular formula is C30H48O4. The highest BCUT2D eigenvalue weighted by molar-refractivity contribution is 5.89. The van der Waals surface area contributed by atoms with Gasteiger partial charge in [-0.3, -0.25) is 9.59 Å². The largest absolute Gasteiger partial charge is 0.462 e. The van der Waals surface area contributed by atoms with Crippen LogP contribution in [0.3, 0.4) is 0 Å². The minimum Gasteiger partial charge on any atom is -0.462 e. The summed E-state index contributed by atoms with van der Waals surface area (Å²) in [4.78, 5) is 25.1. The van der Waals surface area contributed by atoms with E-state index < -0.39 is 11.0 Å². The highest BCUT2D eigenvalue weighted by atomic mass is 16.5. The van der Waals surface area contributed by atoms with E-state index >= 15 is 0 Å². The molecule has 0 spiro atoms. The maximum Gasteiger partial charge on any atom is 0.302 e. The van der Waals surface area contributed by atoms with Gasteiger partial charge in [0.1, 0.15) is 11.7 Å². The Bertz CT molecular complexity index is 832. The number of ether oxygens (including phenoxy) is 1. The Morgan fingerprint density at radius 3 is 2.38 bits per heavy atom. The number of aliphatic hydroxyl groups is 1. The Morgan fingerprint density at radius 2 is 1.74 bits per heavy atom. The average Bonchev–Trinajstić information content (AvgIpc) is 3.11. The van der Waals surface area contributed by atoms with Crippen molar-refractivity contribution in [2.45, 2.75) is 112 Å². The second kappa shape index (κ2) is 9.05. The lowest BCUT2D eigenvalue weighted by Gasteiger charge is -2.63. The summed E-state index contributed by atoms with van der Waals surface area (Å²) in [6.45, 7) is 15.4. The molecule has 4 saturated carbocycles. The summed E-state index contributed by atoms with van der Waals surface area (Å²) in [5, 5.41) is 11.8. The molecule has 34 heavy (non-hydrogen) atoms. The summed E-state index contributed by atoms with van der Waals surface area (Å²) in [6, 6.07) is 0. The van der Waals surface area contributed by atoms with Crippen LogP contribution in [0.25, 0.3) is 0 Å². The number of esters is 1. The van der Waals surface area contributed by atoms with Gasteiger partial charge in [0.05, 0.1) is 0 Å². The molecule has 4 fully saturated rings. The molecule has 4 aliphatic rings. The van der Waals surface area contributed by atoms with Crippen LogP contribution in [0.2, 0.25) is 0 Å². The predicted octanol–water partition coefficient (Wildman–Crippen LogP) is 6.36. The molecule has 0 bridgehead atoms. The fraction of sp³-hybridized carbons (Fsp3) is 0.867. The standard InChI is InChI=1S/C30H48O4/c1-18(2)19(3)8-9-20(4)24-10-11-25-23-16-27(32)30(33)17-22(34-21(5)31)12-15-29(30,7)26(23)13-14-28(24,25)6/h8-9,18-20,22-26,33H,10-17H2,1-7H3/b9-8+/t19-,20+,22+,23-,24+,25-,26-,28-,29-,30+/m1/s1. The quantitative estimate of drug-likeness (QED) is 0.374. The molecule has 0 heterocycles. The van der Waals surface area contributed by atoms with E-state index in [1.165, 1.54) is 26.2 Å². The van der Waals surface area contributed by atoms with Gasteiger partial charge < -0.3 is 9.84 Å². The van der Waals surface area contributed by atoms with Crippen LogP contribution in [0.5, 0.6) is 0 Å². The average molecular weight is 473 g/mol. The molecule has 0 aromatic heterocycles. The minimum absolute atomic E-state index is 0.000459. The van der Waals surface area contributed by atoms with E-state index in [-0.39, 0.29) is 29.7 Å². The van der Waals surface area contributed by atoms with E-state index in [1.807, 2.05) is 0 Å². The monoisotopic (exact) mass is 472 g/mol. The molecule has 4 aliphatic carbocycles. The molecule has 0 aromatic rings. The minimum atomic E-state index is -1.36. The topological polar surface area (TPSA) is 63.6 Å².